The van der Waals surface area contributed by atoms with Crippen molar-refractivity contribution in [2.24, 2.45) is 0 Å². The number of carbonyl (C=O) groups excluding carboxylic acids is 1. The van der Waals surface area contributed by atoms with Crippen LogP contribution in [0.2, 0.25) is 0 Å². The first-order chi connectivity index (χ1) is 8.56. The topological polar surface area (TPSA) is 55.1 Å². The van der Waals surface area contributed by atoms with Gasteiger partial charge in [0.2, 0.25) is 0 Å². The summed E-state index contributed by atoms with van der Waals surface area (Å²) in [7, 11) is 0. The number of nitrogens with one attached hydrogen (secondary N) is 1. The van der Waals surface area contributed by atoms with Gasteiger partial charge in [-0.3, -0.25) is 4.79 Å². The normalized spacial score (nSPS) is 10.1. The van der Waals surface area contributed by atoms with E-state index in [1.54, 1.807) is 24.3 Å². The number of nitrogen functional groups attached to an aromatic ring is 1. The zero-order chi connectivity index (χ0) is 13.1. The van der Waals surface area contributed by atoms with E-state index in [1.165, 1.54) is 18.2 Å². The second-order valence-electron chi connectivity index (χ2n) is 3.70. The van der Waals surface area contributed by atoms with Crippen molar-refractivity contribution in [3.8, 4) is 0 Å². The van der Waals surface area contributed by atoms with E-state index in [0.29, 0.717) is 21.4 Å². The summed E-state index contributed by atoms with van der Waals surface area (Å²) in [6.45, 7) is 0. The molecule has 0 radical (unpaired) electrons. The lowest BCUT2D eigenvalue weighted by atomic mass is 10.2. The number of hydrogen-bond acceptors (Lipinski definition) is 2. The summed E-state index contributed by atoms with van der Waals surface area (Å²) < 4.78 is 13.6. The third kappa shape index (κ3) is 2.87. The Morgan fingerprint density at radius 1 is 1.22 bits per heavy atom. The van der Waals surface area contributed by atoms with E-state index in [2.05, 4.69) is 21.2 Å². The van der Waals surface area contributed by atoms with Gasteiger partial charge in [-0.05, 0) is 52.3 Å². The minimum atomic E-state index is -0.397. The highest BCUT2D eigenvalue weighted by Crippen LogP contribution is 2.21. The van der Waals surface area contributed by atoms with Gasteiger partial charge in [-0.25, -0.2) is 4.39 Å². The number of anilines is 2. The first-order valence-electron chi connectivity index (χ1n) is 5.18. The molecule has 18 heavy (non-hydrogen) atoms. The lowest BCUT2D eigenvalue weighted by molar-refractivity contribution is 0.102. The predicted molar refractivity (Wildman–Crippen MR) is 72.9 cm³/mol. The van der Waals surface area contributed by atoms with Crippen molar-refractivity contribution in [2.45, 2.75) is 0 Å². The molecule has 1 amide bonds. The summed E-state index contributed by atoms with van der Waals surface area (Å²) in [5, 5.41) is 2.61. The maximum Gasteiger partial charge on any atom is 0.255 e. The van der Waals surface area contributed by atoms with Gasteiger partial charge in [0.05, 0.1) is 0 Å². The highest BCUT2D eigenvalue weighted by atomic mass is 79.9. The Balaban J connectivity index is 2.19. The van der Waals surface area contributed by atoms with Crippen LogP contribution in [0, 0.1) is 5.82 Å². The molecule has 0 aliphatic heterocycles. The highest BCUT2D eigenvalue weighted by molar-refractivity contribution is 9.10. The van der Waals surface area contributed by atoms with Crippen molar-refractivity contribution < 1.29 is 9.18 Å². The molecule has 0 aromatic heterocycles. The van der Waals surface area contributed by atoms with Crippen LogP contribution in [0.15, 0.2) is 46.9 Å². The number of halogens is 2. The first-order valence-corrected chi connectivity index (χ1v) is 5.97. The first kappa shape index (κ1) is 12.6. The van der Waals surface area contributed by atoms with Crippen molar-refractivity contribution in [3.05, 3.63) is 58.3 Å². The summed E-state index contributed by atoms with van der Waals surface area (Å²) in [5.74, 6) is -0.715. The molecule has 5 heteroatoms. The molecule has 3 N–H and O–H groups in total. The van der Waals surface area contributed by atoms with Gasteiger partial charge >= 0.3 is 0 Å². The van der Waals surface area contributed by atoms with Crippen molar-refractivity contribution >= 4 is 33.2 Å². The third-order valence-corrected chi connectivity index (χ3v) is 3.03. The highest BCUT2D eigenvalue weighted by Gasteiger charge is 2.08. The molecule has 0 unspecified atom stereocenters. The quantitative estimate of drug-likeness (QED) is 0.835. The molecular weight excluding hydrogens is 299 g/mol. The van der Waals surface area contributed by atoms with E-state index in [-0.39, 0.29) is 5.91 Å². The van der Waals surface area contributed by atoms with E-state index in [1.807, 2.05) is 0 Å². The molecule has 0 atom stereocenters. The molecular formula is C13H10BrFN2O. The van der Waals surface area contributed by atoms with Crippen LogP contribution in [0.1, 0.15) is 10.4 Å². The molecule has 0 fully saturated rings. The fraction of sp³-hybridized carbons (Fsp3) is 0. The maximum atomic E-state index is 13.0. The third-order valence-electron chi connectivity index (χ3n) is 2.35. The monoisotopic (exact) mass is 308 g/mol. The van der Waals surface area contributed by atoms with Gasteiger partial charge < -0.3 is 11.1 Å². The van der Waals surface area contributed by atoms with Crippen LogP contribution in [-0.4, -0.2) is 5.91 Å². The van der Waals surface area contributed by atoms with Crippen LogP contribution in [0.25, 0.3) is 0 Å². The number of benzene rings is 2. The van der Waals surface area contributed by atoms with Crippen molar-refractivity contribution in [2.75, 3.05) is 11.1 Å². The average molecular weight is 309 g/mol. The molecule has 2 rings (SSSR count). The SMILES string of the molecule is Nc1ccc(C(=O)Nc2cccc(F)c2)cc1Br. The second-order valence-corrected chi connectivity index (χ2v) is 4.56. The number of nitrogens with two attached hydrogens (primary N) is 1. The van der Waals surface area contributed by atoms with Crippen LogP contribution in [0.5, 0.6) is 0 Å². The van der Waals surface area contributed by atoms with Gasteiger partial charge in [-0.15, -0.1) is 0 Å². The Morgan fingerprint density at radius 3 is 2.67 bits per heavy atom. The number of rotatable bonds is 2. The van der Waals surface area contributed by atoms with Crippen LogP contribution >= 0.6 is 15.9 Å². The number of carbonyl (C=O) groups is 1. The zero-order valence-electron chi connectivity index (χ0n) is 9.28. The standard InChI is InChI=1S/C13H10BrFN2O/c14-11-6-8(4-5-12(11)16)13(18)17-10-3-1-2-9(15)7-10/h1-7H,16H2,(H,17,18). The van der Waals surface area contributed by atoms with E-state index in [9.17, 15) is 9.18 Å². The maximum absolute atomic E-state index is 13.0. The molecule has 3 nitrogen and oxygen atoms in total. The van der Waals surface area contributed by atoms with Crippen molar-refractivity contribution in [1.82, 2.24) is 0 Å². The van der Waals surface area contributed by atoms with Gasteiger partial charge in [0.25, 0.3) is 5.91 Å². The molecule has 0 saturated carbocycles. The Bertz CT molecular complexity index is 601. The molecule has 2 aromatic rings. The lowest BCUT2D eigenvalue weighted by Crippen LogP contribution is -2.12. The molecule has 0 heterocycles. The number of amides is 1. The molecule has 92 valence electrons. The Labute approximate surface area is 112 Å². The molecule has 0 aliphatic rings. The van der Waals surface area contributed by atoms with Crippen molar-refractivity contribution in [3.63, 3.8) is 0 Å². The van der Waals surface area contributed by atoms with Gasteiger partial charge in [0.15, 0.2) is 0 Å². The fourth-order valence-electron chi connectivity index (χ4n) is 1.44. The molecule has 0 bridgehead atoms. The van der Waals surface area contributed by atoms with E-state index >= 15 is 0 Å². The Hall–Kier alpha value is -1.88. The minimum absolute atomic E-state index is 0.318. The van der Waals surface area contributed by atoms with Gasteiger partial charge in [0, 0.05) is 21.4 Å². The fourth-order valence-corrected chi connectivity index (χ4v) is 1.82. The van der Waals surface area contributed by atoms with E-state index in [4.69, 9.17) is 5.73 Å². The Morgan fingerprint density at radius 2 is 2.00 bits per heavy atom. The molecule has 0 spiro atoms. The summed E-state index contributed by atoms with van der Waals surface area (Å²) in [5.41, 5.74) is 7.04. The van der Waals surface area contributed by atoms with Gasteiger partial charge in [-0.2, -0.15) is 0 Å². The zero-order valence-corrected chi connectivity index (χ0v) is 10.9. The lowest BCUT2D eigenvalue weighted by Gasteiger charge is -2.06. The summed E-state index contributed by atoms with van der Waals surface area (Å²) in [4.78, 5) is 11.9. The smallest absolute Gasteiger partial charge is 0.255 e. The van der Waals surface area contributed by atoms with E-state index < -0.39 is 5.82 Å². The van der Waals surface area contributed by atoms with Gasteiger partial charge in [0.1, 0.15) is 5.82 Å². The van der Waals surface area contributed by atoms with Crippen LogP contribution < -0.4 is 11.1 Å². The van der Waals surface area contributed by atoms with E-state index in [0.717, 1.165) is 0 Å². The number of hydrogen-bond donors (Lipinski definition) is 2. The molecule has 2 aromatic carbocycles. The predicted octanol–water partition coefficient (Wildman–Crippen LogP) is 3.42. The van der Waals surface area contributed by atoms with Crippen LogP contribution in [0.3, 0.4) is 0 Å². The largest absolute Gasteiger partial charge is 0.398 e. The summed E-state index contributed by atoms with van der Waals surface area (Å²) in [6, 6.07) is 10.6. The minimum Gasteiger partial charge on any atom is -0.398 e. The average Bonchev–Trinajstić information content (AvgIpc) is 2.32. The van der Waals surface area contributed by atoms with Crippen LogP contribution in [-0.2, 0) is 0 Å². The second kappa shape index (κ2) is 5.18. The summed E-state index contributed by atoms with van der Waals surface area (Å²) >= 11 is 3.25. The molecule has 0 saturated heterocycles. The van der Waals surface area contributed by atoms with Gasteiger partial charge in [-0.1, -0.05) is 6.07 Å². The summed E-state index contributed by atoms with van der Waals surface area (Å²) in [6.07, 6.45) is 0. The van der Waals surface area contributed by atoms with Crippen LogP contribution in [0.4, 0.5) is 15.8 Å². The Kier molecular flexibility index (Phi) is 3.62. The molecule has 0 aliphatic carbocycles. The van der Waals surface area contributed by atoms with Crippen molar-refractivity contribution in [1.29, 1.82) is 0 Å².